The van der Waals surface area contributed by atoms with Gasteiger partial charge in [-0.2, -0.15) is 0 Å². The van der Waals surface area contributed by atoms with Gasteiger partial charge >= 0.3 is 0 Å². The van der Waals surface area contributed by atoms with E-state index >= 15 is 0 Å². The van der Waals surface area contributed by atoms with E-state index in [2.05, 4.69) is 58.6 Å². The van der Waals surface area contributed by atoms with Gasteiger partial charge in [0, 0.05) is 21.8 Å². The van der Waals surface area contributed by atoms with Gasteiger partial charge in [-0.05, 0) is 43.3 Å². The van der Waals surface area contributed by atoms with Crippen LogP contribution in [0.5, 0.6) is 0 Å². The maximum absolute atomic E-state index is 4.42. The normalized spacial score (nSPS) is 10.5. The number of nitrogens with zero attached hydrogens (tertiary/aromatic N) is 2. The zero-order valence-corrected chi connectivity index (χ0v) is 13.2. The highest BCUT2D eigenvalue weighted by atomic mass is 79.9. The first-order chi connectivity index (χ1) is 8.19. The molecular formula is C11H11Br2N3S. The molecule has 0 unspecified atom stereocenters. The number of halogens is 2. The van der Waals surface area contributed by atoms with Crippen molar-refractivity contribution in [3.63, 3.8) is 0 Å². The maximum atomic E-state index is 4.42. The van der Waals surface area contributed by atoms with Crippen LogP contribution in [-0.4, -0.2) is 9.97 Å². The Morgan fingerprint density at radius 1 is 1.35 bits per heavy atom. The van der Waals surface area contributed by atoms with Crippen LogP contribution in [0.2, 0.25) is 0 Å². The van der Waals surface area contributed by atoms with E-state index in [9.17, 15) is 0 Å². The molecule has 0 aliphatic heterocycles. The molecule has 0 radical (unpaired) electrons. The first kappa shape index (κ1) is 13.0. The molecule has 2 aromatic rings. The largest absolute Gasteiger partial charge is 0.365 e. The molecule has 17 heavy (non-hydrogen) atoms. The molecule has 90 valence electrons. The van der Waals surface area contributed by atoms with Crippen molar-refractivity contribution in [3.8, 4) is 0 Å². The summed E-state index contributed by atoms with van der Waals surface area (Å²) in [6.07, 6.45) is 0.830. The number of aryl methyl sites for hydroxylation is 1. The van der Waals surface area contributed by atoms with Crippen LogP contribution in [0, 0.1) is 0 Å². The molecular weight excluding hydrogens is 366 g/mol. The smallest absolute Gasteiger partial charge is 0.131 e. The lowest BCUT2D eigenvalue weighted by atomic mass is 10.4. The SMILES string of the molecule is CCc1nc(Br)cc(NCc2sccc2Br)n1. The summed E-state index contributed by atoms with van der Waals surface area (Å²) in [5.41, 5.74) is 0. The second-order valence-corrected chi connectivity index (χ2v) is 6.06. The molecule has 0 fully saturated rings. The Morgan fingerprint density at radius 3 is 2.82 bits per heavy atom. The fourth-order valence-corrected chi connectivity index (χ4v) is 3.19. The van der Waals surface area contributed by atoms with Gasteiger partial charge in [-0.1, -0.05) is 6.92 Å². The van der Waals surface area contributed by atoms with E-state index in [0.717, 1.165) is 33.7 Å². The highest BCUT2D eigenvalue weighted by molar-refractivity contribution is 9.10. The number of nitrogens with one attached hydrogen (secondary N) is 1. The van der Waals surface area contributed by atoms with Crippen LogP contribution in [0.25, 0.3) is 0 Å². The first-order valence-corrected chi connectivity index (χ1v) is 7.64. The van der Waals surface area contributed by atoms with Gasteiger partial charge < -0.3 is 5.32 Å². The predicted molar refractivity (Wildman–Crippen MR) is 78.5 cm³/mol. The quantitative estimate of drug-likeness (QED) is 0.811. The average molecular weight is 377 g/mol. The Hall–Kier alpha value is -0.460. The summed E-state index contributed by atoms with van der Waals surface area (Å²) in [4.78, 5) is 9.95. The summed E-state index contributed by atoms with van der Waals surface area (Å²) in [7, 11) is 0. The van der Waals surface area contributed by atoms with E-state index < -0.39 is 0 Å². The third kappa shape index (κ3) is 3.50. The molecule has 2 heterocycles. The second-order valence-electron chi connectivity index (χ2n) is 3.39. The lowest BCUT2D eigenvalue weighted by molar-refractivity contribution is 0.922. The van der Waals surface area contributed by atoms with Gasteiger partial charge in [0.2, 0.25) is 0 Å². The van der Waals surface area contributed by atoms with Crippen LogP contribution < -0.4 is 5.32 Å². The number of hydrogen-bond acceptors (Lipinski definition) is 4. The monoisotopic (exact) mass is 375 g/mol. The molecule has 0 amide bonds. The van der Waals surface area contributed by atoms with E-state index in [1.165, 1.54) is 4.88 Å². The molecule has 0 bridgehead atoms. The molecule has 2 rings (SSSR count). The number of hydrogen-bond donors (Lipinski definition) is 1. The fourth-order valence-electron chi connectivity index (χ4n) is 1.34. The van der Waals surface area contributed by atoms with E-state index in [1.807, 2.05) is 13.0 Å². The Morgan fingerprint density at radius 2 is 2.18 bits per heavy atom. The highest BCUT2D eigenvalue weighted by Gasteiger charge is 2.04. The average Bonchev–Trinajstić information content (AvgIpc) is 2.71. The van der Waals surface area contributed by atoms with Crippen molar-refractivity contribution in [2.24, 2.45) is 0 Å². The summed E-state index contributed by atoms with van der Waals surface area (Å²) < 4.78 is 1.95. The highest BCUT2D eigenvalue weighted by Crippen LogP contribution is 2.23. The van der Waals surface area contributed by atoms with Crippen LogP contribution in [0.4, 0.5) is 5.82 Å². The standard InChI is InChI=1S/C11H11Br2N3S/c1-2-10-15-9(13)5-11(16-10)14-6-8-7(12)3-4-17-8/h3-5H,2,6H2,1H3,(H,14,15,16). The maximum Gasteiger partial charge on any atom is 0.131 e. The Kier molecular flexibility index (Phi) is 4.53. The molecule has 0 saturated heterocycles. The van der Waals surface area contributed by atoms with Crippen molar-refractivity contribution in [1.29, 1.82) is 0 Å². The molecule has 6 heteroatoms. The molecule has 0 aliphatic rings. The van der Waals surface area contributed by atoms with Crippen LogP contribution in [0.15, 0.2) is 26.6 Å². The molecule has 0 spiro atoms. The lowest BCUT2D eigenvalue weighted by Crippen LogP contribution is -2.03. The van der Waals surface area contributed by atoms with E-state index in [4.69, 9.17) is 0 Å². The number of aromatic nitrogens is 2. The van der Waals surface area contributed by atoms with Gasteiger partial charge in [0.1, 0.15) is 16.2 Å². The molecule has 0 aliphatic carbocycles. The van der Waals surface area contributed by atoms with E-state index in [1.54, 1.807) is 11.3 Å². The van der Waals surface area contributed by atoms with Crippen molar-refractivity contribution in [1.82, 2.24) is 9.97 Å². The van der Waals surface area contributed by atoms with Crippen LogP contribution in [0.3, 0.4) is 0 Å². The first-order valence-electron chi connectivity index (χ1n) is 5.18. The Balaban J connectivity index is 2.09. The summed E-state index contributed by atoms with van der Waals surface area (Å²) in [6.45, 7) is 2.81. The molecule has 2 aromatic heterocycles. The summed E-state index contributed by atoms with van der Waals surface area (Å²) in [5, 5.41) is 5.37. The minimum Gasteiger partial charge on any atom is -0.365 e. The van der Waals surface area contributed by atoms with Gasteiger partial charge in [-0.3, -0.25) is 0 Å². The van der Waals surface area contributed by atoms with Crippen molar-refractivity contribution in [2.75, 3.05) is 5.32 Å². The Labute approximate surface area is 121 Å². The predicted octanol–water partition coefficient (Wildman–Crippen LogP) is 4.24. The molecule has 1 N–H and O–H groups in total. The topological polar surface area (TPSA) is 37.8 Å². The summed E-state index contributed by atoms with van der Waals surface area (Å²) >= 11 is 8.62. The number of rotatable bonds is 4. The molecule has 0 aromatic carbocycles. The third-order valence-electron chi connectivity index (χ3n) is 2.18. The van der Waals surface area contributed by atoms with E-state index in [-0.39, 0.29) is 0 Å². The van der Waals surface area contributed by atoms with Crippen molar-refractivity contribution >= 4 is 49.0 Å². The van der Waals surface area contributed by atoms with Gasteiger partial charge in [-0.25, -0.2) is 9.97 Å². The van der Waals surface area contributed by atoms with Crippen molar-refractivity contribution in [2.45, 2.75) is 19.9 Å². The Bertz CT molecular complexity index is 513. The van der Waals surface area contributed by atoms with Gasteiger partial charge in [-0.15, -0.1) is 11.3 Å². The van der Waals surface area contributed by atoms with E-state index in [0.29, 0.717) is 0 Å². The van der Waals surface area contributed by atoms with Crippen LogP contribution in [0.1, 0.15) is 17.6 Å². The zero-order chi connectivity index (χ0) is 12.3. The van der Waals surface area contributed by atoms with Gasteiger partial charge in [0.15, 0.2) is 0 Å². The van der Waals surface area contributed by atoms with Crippen molar-refractivity contribution < 1.29 is 0 Å². The number of anilines is 1. The summed E-state index contributed by atoms with van der Waals surface area (Å²) in [5.74, 6) is 1.69. The molecule has 3 nitrogen and oxygen atoms in total. The third-order valence-corrected chi connectivity index (χ3v) is 4.51. The second kappa shape index (κ2) is 5.93. The zero-order valence-electron chi connectivity index (χ0n) is 9.20. The lowest BCUT2D eigenvalue weighted by Gasteiger charge is -2.06. The summed E-state index contributed by atoms with van der Waals surface area (Å²) in [6, 6.07) is 3.94. The van der Waals surface area contributed by atoms with Crippen LogP contribution in [-0.2, 0) is 13.0 Å². The van der Waals surface area contributed by atoms with Gasteiger partial charge in [0.05, 0.1) is 6.54 Å². The van der Waals surface area contributed by atoms with Crippen LogP contribution >= 0.6 is 43.2 Å². The number of thiophene rings is 1. The minimum atomic E-state index is 0.769. The van der Waals surface area contributed by atoms with Crippen molar-refractivity contribution in [3.05, 3.63) is 37.3 Å². The molecule has 0 saturated carbocycles. The minimum absolute atomic E-state index is 0.769. The van der Waals surface area contributed by atoms with Gasteiger partial charge in [0.25, 0.3) is 0 Å². The fraction of sp³-hybridized carbons (Fsp3) is 0.273. The molecule has 0 atom stereocenters.